The van der Waals surface area contributed by atoms with Crippen molar-refractivity contribution in [3.05, 3.63) is 36.5 Å². The molecular formula is C20H26N6O3S. The molecule has 3 heterocycles. The number of carbonyl (C=O) groups is 1. The summed E-state index contributed by atoms with van der Waals surface area (Å²) >= 11 is 0. The van der Waals surface area contributed by atoms with Gasteiger partial charge in [-0.05, 0) is 31.0 Å². The van der Waals surface area contributed by atoms with Crippen LogP contribution in [0.3, 0.4) is 0 Å². The summed E-state index contributed by atoms with van der Waals surface area (Å²) in [7, 11) is -3.44. The van der Waals surface area contributed by atoms with Crippen LogP contribution in [-0.2, 0) is 10.0 Å². The molecule has 2 fully saturated rings. The third-order valence-corrected chi connectivity index (χ3v) is 7.28. The van der Waals surface area contributed by atoms with E-state index in [2.05, 4.69) is 20.6 Å². The number of nitrogens with zero attached hydrogens (tertiary/aromatic N) is 4. The molecule has 0 aliphatic carbocycles. The van der Waals surface area contributed by atoms with Gasteiger partial charge in [-0.3, -0.25) is 0 Å². The summed E-state index contributed by atoms with van der Waals surface area (Å²) in [5.74, 6) is 0.470. The van der Waals surface area contributed by atoms with Crippen LogP contribution in [0.1, 0.15) is 19.3 Å². The summed E-state index contributed by atoms with van der Waals surface area (Å²) in [6.07, 6.45) is 4.57. The number of piperidine rings is 1. The Hall–Kier alpha value is -2.72. The van der Waals surface area contributed by atoms with Gasteiger partial charge < -0.3 is 15.5 Å². The van der Waals surface area contributed by atoms with Crippen LogP contribution in [0.4, 0.5) is 10.7 Å². The van der Waals surface area contributed by atoms with E-state index in [0.717, 1.165) is 24.8 Å². The quantitative estimate of drug-likeness (QED) is 0.693. The summed E-state index contributed by atoms with van der Waals surface area (Å²) in [6.45, 7) is 3.67. The van der Waals surface area contributed by atoms with Crippen molar-refractivity contribution in [3.8, 4) is 11.3 Å². The minimum absolute atomic E-state index is 0.0499. The molecule has 10 heteroatoms. The van der Waals surface area contributed by atoms with Crippen LogP contribution in [0, 0.1) is 0 Å². The van der Waals surface area contributed by atoms with E-state index in [9.17, 15) is 13.2 Å². The molecule has 4 rings (SSSR count). The molecular weight excluding hydrogens is 404 g/mol. The van der Waals surface area contributed by atoms with E-state index in [4.69, 9.17) is 0 Å². The number of sulfonamides is 1. The van der Waals surface area contributed by atoms with Crippen molar-refractivity contribution in [1.29, 1.82) is 0 Å². The fraction of sp³-hybridized carbons (Fsp3) is 0.450. The number of amides is 2. The standard InChI is InChI=1S/C20H26N6O3S/c27-20-23-11-15-25(20)14-10-22-19-21-9-8-18(24-19)16-4-6-17(7-5-16)30(28,29)26-12-2-1-3-13-26/h4-9H,1-3,10-15H2,(H,23,27)(H,21,22,24). The number of aromatic nitrogens is 2. The van der Waals surface area contributed by atoms with Gasteiger partial charge in [0.2, 0.25) is 16.0 Å². The van der Waals surface area contributed by atoms with Crippen LogP contribution in [0.15, 0.2) is 41.4 Å². The molecule has 2 aliphatic heterocycles. The third kappa shape index (κ3) is 4.54. The first-order valence-electron chi connectivity index (χ1n) is 10.2. The molecule has 0 atom stereocenters. The Morgan fingerprint density at radius 1 is 1.03 bits per heavy atom. The summed E-state index contributed by atoms with van der Waals surface area (Å²) in [5, 5.41) is 5.90. The first kappa shape index (κ1) is 20.5. The van der Waals surface area contributed by atoms with Gasteiger partial charge in [-0.15, -0.1) is 0 Å². The molecule has 2 saturated heterocycles. The fourth-order valence-electron chi connectivity index (χ4n) is 3.68. The predicted octanol–water partition coefficient (Wildman–Crippen LogP) is 1.76. The summed E-state index contributed by atoms with van der Waals surface area (Å²) in [4.78, 5) is 22.3. The fourth-order valence-corrected chi connectivity index (χ4v) is 5.20. The molecule has 1 aromatic heterocycles. The molecule has 2 amide bonds. The average molecular weight is 431 g/mol. The van der Waals surface area contributed by atoms with E-state index >= 15 is 0 Å². The number of urea groups is 1. The summed E-state index contributed by atoms with van der Waals surface area (Å²) in [6, 6.07) is 8.56. The van der Waals surface area contributed by atoms with Gasteiger partial charge in [-0.25, -0.2) is 23.2 Å². The molecule has 30 heavy (non-hydrogen) atoms. The van der Waals surface area contributed by atoms with Gasteiger partial charge >= 0.3 is 6.03 Å². The van der Waals surface area contributed by atoms with Gasteiger partial charge in [0.15, 0.2) is 0 Å². The monoisotopic (exact) mass is 430 g/mol. The first-order chi connectivity index (χ1) is 14.5. The lowest BCUT2D eigenvalue weighted by Gasteiger charge is -2.25. The number of anilines is 1. The molecule has 2 N–H and O–H groups in total. The van der Waals surface area contributed by atoms with E-state index in [1.54, 1.807) is 45.7 Å². The maximum atomic E-state index is 12.8. The van der Waals surface area contributed by atoms with Crippen molar-refractivity contribution in [3.63, 3.8) is 0 Å². The molecule has 0 bridgehead atoms. The largest absolute Gasteiger partial charge is 0.352 e. The summed E-state index contributed by atoms with van der Waals surface area (Å²) < 4.78 is 27.2. The highest BCUT2D eigenvalue weighted by atomic mass is 32.2. The molecule has 9 nitrogen and oxygen atoms in total. The second kappa shape index (κ2) is 8.97. The second-order valence-electron chi connectivity index (χ2n) is 7.40. The number of hydrogen-bond acceptors (Lipinski definition) is 6. The van der Waals surface area contributed by atoms with Crippen LogP contribution in [-0.4, -0.2) is 72.9 Å². The van der Waals surface area contributed by atoms with Crippen LogP contribution in [0.5, 0.6) is 0 Å². The van der Waals surface area contributed by atoms with Gasteiger partial charge in [0.05, 0.1) is 10.6 Å². The highest BCUT2D eigenvalue weighted by Crippen LogP contribution is 2.24. The minimum atomic E-state index is -3.44. The Labute approximate surface area is 176 Å². The minimum Gasteiger partial charge on any atom is -0.352 e. The Morgan fingerprint density at radius 3 is 2.50 bits per heavy atom. The maximum Gasteiger partial charge on any atom is 0.317 e. The highest BCUT2D eigenvalue weighted by Gasteiger charge is 2.25. The molecule has 0 radical (unpaired) electrons. The zero-order valence-electron chi connectivity index (χ0n) is 16.7. The van der Waals surface area contributed by atoms with Crippen LogP contribution in [0.2, 0.25) is 0 Å². The molecule has 0 spiro atoms. The predicted molar refractivity (Wildman–Crippen MR) is 114 cm³/mol. The highest BCUT2D eigenvalue weighted by molar-refractivity contribution is 7.89. The second-order valence-corrected chi connectivity index (χ2v) is 9.34. The van der Waals surface area contributed by atoms with Crippen molar-refractivity contribution in [1.82, 2.24) is 24.5 Å². The number of nitrogens with one attached hydrogen (secondary N) is 2. The molecule has 2 aromatic rings. The molecule has 2 aliphatic rings. The lowest BCUT2D eigenvalue weighted by Crippen LogP contribution is -2.35. The van der Waals surface area contributed by atoms with Crippen molar-refractivity contribution in [2.24, 2.45) is 0 Å². The van der Waals surface area contributed by atoms with Gasteiger partial charge in [0.1, 0.15) is 0 Å². The van der Waals surface area contributed by atoms with Crippen molar-refractivity contribution in [2.45, 2.75) is 24.2 Å². The zero-order chi connectivity index (χ0) is 21.0. The molecule has 0 saturated carbocycles. The smallest absolute Gasteiger partial charge is 0.317 e. The topological polar surface area (TPSA) is 108 Å². The molecule has 160 valence electrons. The number of carbonyl (C=O) groups excluding carboxylic acids is 1. The van der Waals surface area contributed by atoms with Gasteiger partial charge in [-0.2, -0.15) is 4.31 Å². The average Bonchev–Trinajstić information content (AvgIpc) is 3.19. The van der Waals surface area contributed by atoms with E-state index in [1.165, 1.54) is 0 Å². The van der Waals surface area contributed by atoms with Crippen molar-refractivity contribution >= 4 is 22.0 Å². The first-order valence-corrected chi connectivity index (χ1v) is 11.7. The summed E-state index contributed by atoms with van der Waals surface area (Å²) in [5.41, 5.74) is 1.52. The third-order valence-electron chi connectivity index (χ3n) is 5.37. The van der Waals surface area contributed by atoms with E-state index < -0.39 is 10.0 Å². The Balaban J connectivity index is 1.41. The number of hydrogen-bond donors (Lipinski definition) is 2. The van der Waals surface area contributed by atoms with Gasteiger partial charge in [0.25, 0.3) is 0 Å². The molecule has 1 aromatic carbocycles. The van der Waals surface area contributed by atoms with Crippen LogP contribution in [0.25, 0.3) is 11.3 Å². The van der Waals surface area contributed by atoms with E-state index in [1.807, 2.05) is 0 Å². The zero-order valence-corrected chi connectivity index (χ0v) is 17.6. The Kier molecular flexibility index (Phi) is 6.14. The van der Waals surface area contributed by atoms with Gasteiger partial charge in [-0.1, -0.05) is 18.6 Å². The Morgan fingerprint density at radius 2 is 1.80 bits per heavy atom. The van der Waals surface area contributed by atoms with Crippen molar-refractivity contribution in [2.75, 3.05) is 44.6 Å². The van der Waals surface area contributed by atoms with Crippen LogP contribution < -0.4 is 10.6 Å². The van der Waals surface area contributed by atoms with Crippen molar-refractivity contribution < 1.29 is 13.2 Å². The SMILES string of the molecule is O=C1NCCN1CCNc1nccc(-c2ccc(S(=O)(=O)N3CCCCC3)cc2)n1. The molecule has 0 unspecified atom stereocenters. The van der Waals surface area contributed by atoms with Crippen LogP contribution >= 0.6 is 0 Å². The van der Waals surface area contributed by atoms with E-state index in [0.29, 0.717) is 55.8 Å². The van der Waals surface area contributed by atoms with E-state index in [-0.39, 0.29) is 6.03 Å². The Bertz CT molecular complexity index is 990. The normalized spacial score (nSPS) is 17.7. The maximum absolute atomic E-state index is 12.8. The lowest BCUT2D eigenvalue weighted by molar-refractivity contribution is 0.219. The number of rotatable bonds is 7. The lowest BCUT2D eigenvalue weighted by atomic mass is 10.1. The number of benzene rings is 1. The van der Waals surface area contributed by atoms with Gasteiger partial charge in [0, 0.05) is 51.0 Å².